The second-order valence-corrected chi connectivity index (χ2v) is 6.48. The molecule has 8 nitrogen and oxygen atoms in total. The van der Waals surface area contributed by atoms with Gasteiger partial charge in [-0.1, -0.05) is 23.9 Å². The second kappa shape index (κ2) is 7.44. The molecule has 3 rings (SSSR count). The van der Waals surface area contributed by atoms with E-state index >= 15 is 0 Å². The molecule has 0 aliphatic heterocycles. The van der Waals surface area contributed by atoms with Crippen molar-refractivity contribution in [3.8, 4) is 11.4 Å². The molecule has 0 spiro atoms. The molecule has 2 heterocycles. The summed E-state index contributed by atoms with van der Waals surface area (Å²) in [7, 11) is 0. The number of aromatic nitrogens is 3. The fraction of sp³-hybridized carbons (Fsp3) is 0.176. The van der Waals surface area contributed by atoms with Crippen LogP contribution in [-0.4, -0.2) is 32.3 Å². The Morgan fingerprint density at radius 1 is 1.31 bits per heavy atom. The zero-order valence-corrected chi connectivity index (χ0v) is 15.0. The van der Waals surface area contributed by atoms with Gasteiger partial charge in [-0.3, -0.25) is 9.59 Å². The standard InChI is InChI=1S/C17H17N5O3S/c1-10(23)12-4-3-5-13(8-12)19-15(24)9-26-17-21-20-16(22(17)18)14-6-7-25-11(14)2/h3-8H,9,18H2,1-2H3,(H,19,24). The van der Waals surface area contributed by atoms with Gasteiger partial charge in [-0.2, -0.15) is 0 Å². The fourth-order valence-corrected chi connectivity index (χ4v) is 2.98. The minimum atomic E-state index is -0.236. The van der Waals surface area contributed by atoms with E-state index in [-0.39, 0.29) is 17.4 Å². The number of hydrogen-bond acceptors (Lipinski definition) is 7. The van der Waals surface area contributed by atoms with Crippen LogP contribution >= 0.6 is 11.8 Å². The number of amides is 1. The fourth-order valence-electron chi connectivity index (χ4n) is 2.32. The van der Waals surface area contributed by atoms with Gasteiger partial charge >= 0.3 is 0 Å². The second-order valence-electron chi connectivity index (χ2n) is 5.54. The zero-order chi connectivity index (χ0) is 18.7. The molecule has 134 valence electrons. The van der Waals surface area contributed by atoms with Gasteiger partial charge in [0.2, 0.25) is 11.1 Å². The molecule has 3 aromatic rings. The summed E-state index contributed by atoms with van der Waals surface area (Å²) in [6.07, 6.45) is 1.55. The number of carbonyl (C=O) groups excluding carboxylic acids is 2. The lowest BCUT2D eigenvalue weighted by atomic mass is 10.1. The maximum absolute atomic E-state index is 12.1. The Hall–Kier alpha value is -3.07. The smallest absolute Gasteiger partial charge is 0.234 e. The monoisotopic (exact) mass is 371 g/mol. The number of thioether (sulfide) groups is 1. The minimum absolute atomic E-state index is 0.0613. The van der Waals surface area contributed by atoms with Gasteiger partial charge in [0.1, 0.15) is 5.76 Å². The van der Waals surface area contributed by atoms with E-state index in [1.807, 2.05) is 0 Å². The van der Waals surface area contributed by atoms with E-state index in [9.17, 15) is 9.59 Å². The summed E-state index contributed by atoms with van der Waals surface area (Å²) in [5, 5.41) is 11.2. The predicted octanol–water partition coefficient (Wildman–Crippen LogP) is 2.49. The number of ketones is 1. The van der Waals surface area contributed by atoms with Crippen molar-refractivity contribution in [1.29, 1.82) is 0 Å². The number of nitrogen functional groups attached to an aromatic ring is 1. The summed E-state index contributed by atoms with van der Waals surface area (Å²) in [5.41, 5.74) is 1.85. The highest BCUT2D eigenvalue weighted by atomic mass is 32.2. The molecule has 0 bridgehead atoms. The van der Waals surface area contributed by atoms with E-state index in [4.69, 9.17) is 10.3 Å². The number of hydrogen-bond donors (Lipinski definition) is 2. The molecular weight excluding hydrogens is 354 g/mol. The third-order valence-corrected chi connectivity index (χ3v) is 4.59. The van der Waals surface area contributed by atoms with E-state index in [1.54, 1.807) is 43.5 Å². The molecule has 0 radical (unpaired) electrons. The Kier molecular flexibility index (Phi) is 5.08. The lowest BCUT2D eigenvalue weighted by molar-refractivity contribution is -0.113. The van der Waals surface area contributed by atoms with Gasteiger partial charge in [-0.15, -0.1) is 10.2 Å². The number of rotatable bonds is 6. The lowest BCUT2D eigenvalue weighted by Crippen LogP contribution is -2.16. The molecule has 3 N–H and O–H groups in total. The molecular formula is C17H17N5O3S. The quantitative estimate of drug-likeness (QED) is 0.388. The van der Waals surface area contributed by atoms with Crippen LogP contribution in [0.1, 0.15) is 23.0 Å². The molecule has 1 amide bonds. The highest BCUT2D eigenvalue weighted by Gasteiger charge is 2.16. The van der Waals surface area contributed by atoms with Gasteiger partial charge < -0.3 is 15.6 Å². The van der Waals surface area contributed by atoms with Crippen molar-refractivity contribution >= 4 is 29.1 Å². The molecule has 0 saturated heterocycles. The van der Waals surface area contributed by atoms with Crippen molar-refractivity contribution in [3.05, 3.63) is 47.9 Å². The number of Topliss-reactive ketones (excluding diaryl/α,β-unsaturated/α-hetero) is 1. The first kappa shape index (κ1) is 17.7. The largest absolute Gasteiger partial charge is 0.469 e. The average Bonchev–Trinajstić information content (AvgIpc) is 3.18. The molecule has 1 aromatic carbocycles. The lowest BCUT2D eigenvalue weighted by Gasteiger charge is -2.06. The molecule has 0 unspecified atom stereocenters. The highest BCUT2D eigenvalue weighted by Crippen LogP contribution is 2.25. The van der Waals surface area contributed by atoms with Crippen LogP contribution < -0.4 is 11.2 Å². The normalized spacial score (nSPS) is 10.7. The Bertz CT molecular complexity index is 963. The van der Waals surface area contributed by atoms with Crippen molar-refractivity contribution in [3.63, 3.8) is 0 Å². The molecule has 0 saturated carbocycles. The van der Waals surface area contributed by atoms with E-state index in [0.717, 1.165) is 17.3 Å². The maximum atomic E-state index is 12.1. The van der Waals surface area contributed by atoms with Gasteiger partial charge in [0, 0.05) is 11.3 Å². The Balaban J connectivity index is 1.64. The third-order valence-electron chi connectivity index (χ3n) is 3.65. The summed E-state index contributed by atoms with van der Waals surface area (Å²) in [6.45, 7) is 3.28. The summed E-state index contributed by atoms with van der Waals surface area (Å²) >= 11 is 1.16. The van der Waals surface area contributed by atoms with E-state index < -0.39 is 0 Å². The Morgan fingerprint density at radius 2 is 2.12 bits per heavy atom. The molecule has 0 atom stereocenters. The van der Waals surface area contributed by atoms with Crippen LogP contribution in [0.15, 0.2) is 46.2 Å². The van der Waals surface area contributed by atoms with Crippen LogP contribution in [0, 0.1) is 6.92 Å². The van der Waals surface area contributed by atoms with Crippen LogP contribution in [0.5, 0.6) is 0 Å². The number of carbonyl (C=O) groups is 2. The number of furan rings is 1. The molecule has 26 heavy (non-hydrogen) atoms. The van der Waals surface area contributed by atoms with Gasteiger partial charge in [-0.05, 0) is 32.0 Å². The number of benzene rings is 1. The first-order valence-corrected chi connectivity index (χ1v) is 8.73. The van der Waals surface area contributed by atoms with Crippen LogP contribution in [0.2, 0.25) is 0 Å². The number of aryl methyl sites for hydroxylation is 1. The number of nitrogens with two attached hydrogens (primary N) is 1. The van der Waals surface area contributed by atoms with Gasteiger partial charge in [0.15, 0.2) is 11.6 Å². The molecule has 0 fully saturated rings. The summed E-state index contributed by atoms with van der Waals surface area (Å²) in [4.78, 5) is 23.5. The van der Waals surface area contributed by atoms with Crippen molar-refractivity contribution in [2.24, 2.45) is 0 Å². The van der Waals surface area contributed by atoms with Crippen LogP contribution in [0.3, 0.4) is 0 Å². The predicted molar refractivity (Wildman–Crippen MR) is 98.4 cm³/mol. The molecule has 0 aliphatic carbocycles. The van der Waals surface area contributed by atoms with Crippen molar-refractivity contribution in [1.82, 2.24) is 14.9 Å². The van der Waals surface area contributed by atoms with E-state index in [1.165, 1.54) is 11.6 Å². The Morgan fingerprint density at radius 3 is 2.81 bits per heavy atom. The van der Waals surface area contributed by atoms with Crippen LogP contribution in [0.25, 0.3) is 11.4 Å². The van der Waals surface area contributed by atoms with Crippen LogP contribution in [0.4, 0.5) is 5.69 Å². The summed E-state index contributed by atoms with van der Waals surface area (Å²) in [6, 6.07) is 8.53. The SMILES string of the molecule is CC(=O)c1cccc(NC(=O)CSc2nnc(-c3ccoc3C)n2N)c1. The summed E-state index contributed by atoms with van der Waals surface area (Å²) in [5.74, 6) is 6.97. The van der Waals surface area contributed by atoms with Crippen molar-refractivity contribution in [2.45, 2.75) is 19.0 Å². The zero-order valence-electron chi connectivity index (χ0n) is 14.2. The number of nitrogens with zero attached hydrogens (tertiary/aromatic N) is 3. The maximum Gasteiger partial charge on any atom is 0.234 e. The molecule has 9 heteroatoms. The Labute approximate surface area is 153 Å². The van der Waals surface area contributed by atoms with Gasteiger partial charge in [-0.25, -0.2) is 4.68 Å². The first-order chi connectivity index (χ1) is 12.5. The number of anilines is 1. The molecule has 0 aliphatic rings. The van der Waals surface area contributed by atoms with E-state index in [0.29, 0.717) is 28.0 Å². The first-order valence-electron chi connectivity index (χ1n) is 7.74. The topological polar surface area (TPSA) is 116 Å². The number of nitrogens with one attached hydrogen (secondary N) is 1. The van der Waals surface area contributed by atoms with Crippen LogP contribution in [-0.2, 0) is 4.79 Å². The van der Waals surface area contributed by atoms with Crippen molar-refractivity contribution in [2.75, 3.05) is 16.9 Å². The van der Waals surface area contributed by atoms with E-state index in [2.05, 4.69) is 15.5 Å². The van der Waals surface area contributed by atoms with Gasteiger partial charge in [0.25, 0.3) is 0 Å². The minimum Gasteiger partial charge on any atom is -0.469 e. The summed E-state index contributed by atoms with van der Waals surface area (Å²) < 4.78 is 6.57. The third kappa shape index (κ3) is 3.77. The highest BCUT2D eigenvalue weighted by molar-refractivity contribution is 7.99. The van der Waals surface area contributed by atoms with Crippen molar-refractivity contribution < 1.29 is 14.0 Å². The molecule has 2 aromatic heterocycles. The van der Waals surface area contributed by atoms with Gasteiger partial charge in [0.05, 0.1) is 17.6 Å². The average molecular weight is 371 g/mol.